The van der Waals surface area contributed by atoms with Crippen molar-refractivity contribution in [2.45, 2.75) is 20.0 Å². The first-order valence-corrected chi connectivity index (χ1v) is 14.0. The van der Waals surface area contributed by atoms with Crippen LogP contribution in [0.15, 0.2) is 72.3 Å². The van der Waals surface area contributed by atoms with E-state index in [1.165, 1.54) is 26.9 Å². The maximum Gasteiger partial charge on any atom is 0.338 e. The van der Waals surface area contributed by atoms with Crippen LogP contribution in [0.25, 0.3) is 27.6 Å². The zero-order valence-corrected chi connectivity index (χ0v) is 22.9. The number of carbonyl (C=O) groups is 1. The fourth-order valence-electron chi connectivity index (χ4n) is 5.04. The van der Waals surface area contributed by atoms with E-state index in [2.05, 4.69) is 29.2 Å². The lowest BCUT2D eigenvalue weighted by Crippen LogP contribution is -2.33. The zero-order valence-electron chi connectivity index (χ0n) is 22.0. The van der Waals surface area contributed by atoms with Gasteiger partial charge in [0.1, 0.15) is 11.9 Å². The lowest BCUT2D eigenvalue weighted by atomic mass is 9.85. The molecule has 4 aromatic rings. The molecule has 1 aromatic heterocycles. The summed E-state index contributed by atoms with van der Waals surface area (Å²) in [7, 11) is 0.422. The van der Waals surface area contributed by atoms with E-state index in [1.807, 2.05) is 56.3 Å². The first-order valence-electron chi connectivity index (χ1n) is 12.3. The third kappa shape index (κ3) is 4.58. The average molecular weight is 532 g/mol. The Morgan fingerprint density at radius 3 is 2.32 bits per heavy atom. The number of rotatable bonds is 7. The van der Waals surface area contributed by atoms with Gasteiger partial charge < -0.3 is 23.5 Å². The predicted octanol–water partition coefficient (Wildman–Crippen LogP) is 6.67. The summed E-state index contributed by atoms with van der Waals surface area (Å²) >= 11 is 0. The number of esters is 1. The number of H-pyrrole nitrogens is 1. The number of fused-ring (bicyclic) bond motifs is 2. The fourth-order valence-corrected chi connectivity index (χ4v) is 6.15. The Morgan fingerprint density at radius 2 is 1.63 bits per heavy atom. The van der Waals surface area contributed by atoms with Gasteiger partial charge in [0.25, 0.3) is 0 Å². The summed E-state index contributed by atoms with van der Waals surface area (Å²) in [5.74, 6) is -0.00298. The molecular weight excluding hydrogens is 501 g/mol. The van der Waals surface area contributed by atoms with Gasteiger partial charge in [-0.3, -0.25) is 4.57 Å². The van der Waals surface area contributed by atoms with Crippen LogP contribution >= 0.6 is 7.60 Å². The quantitative estimate of drug-likeness (QED) is 0.212. The van der Waals surface area contributed by atoms with Gasteiger partial charge in [-0.1, -0.05) is 54.1 Å². The van der Waals surface area contributed by atoms with E-state index in [4.69, 9.17) is 18.5 Å². The molecule has 0 radical (unpaired) electrons. The molecule has 5 rings (SSSR count). The minimum atomic E-state index is -3.55. The van der Waals surface area contributed by atoms with Crippen molar-refractivity contribution in [3.8, 4) is 16.9 Å². The second-order valence-corrected chi connectivity index (χ2v) is 11.6. The van der Waals surface area contributed by atoms with Crippen molar-refractivity contribution in [3.05, 3.63) is 94.7 Å². The summed E-state index contributed by atoms with van der Waals surface area (Å²) in [6.07, 6.45) is -1.08. The summed E-state index contributed by atoms with van der Waals surface area (Å²) < 4.78 is 35.3. The molecule has 0 bridgehead atoms. The molecular formula is C30H30NO6P. The van der Waals surface area contributed by atoms with Crippen LogP contribution in [0.1, 0.15) is 22.4 Å². The lowest BCUT2D eigenvalue weighted by Gasteiger charge is -2.32. The molecule has 196 valence electrons. The molecule has 0 saturated heterocycles. The maximum atomic E-state index is 13.5. The van der Waals surface area contributed by atoms with Gasteiger partial charge >= 0.3 is 13.6 Å². The maximum absolute atomic E-state index is 13.5. The van der Waals surface area contributed by atoms with Gasteiger partial charge in [0.2, 0.25) is 0 Å². The van der Waals surface area contributed by atoms with E-state index in [1.54, 1.807) is 0 Å². The minimum Gasteiger partial charge on any atom is -0.484 e. The Kier molecular flexibility index (Phi) is 7.01. The highest BCUT2D eigenvalue weighted by molar-refractivity contribution is 7.53. The van der Waals surface area contributed by atoms with Crippen LogP contribution in [0.4, 0.5) is 0 Å². The number of methoxy groups -OCH3 is 1. The van der Waals surface area contributed by atoms with E-state index in [0.29, 0.717) is 11.3 Å². The van der Waals surface area contributed by atoms with Crippen molar-refractivity contribution in [3.63, 3.8) is 0 Å². The molecule has 0 spiro atoms. The molecule has 7 nitrogen and oxygen atoms in total. The summed E-state index contributed by atoms with van der Waals surface area (Å²) in [5.41, 5.74) is 7.56. The van der Waals surface area contributed by atoms with Crippen LogP contribution in [0.2, 0.25) is 0 Å². The molecule has 38 heavy (non-hydrogen) atoms. The summed E-state index contributed by atoms with van der Waals surface area (Å²) in [4.78, 5) is 16.9. The van der Waals surface area contributed by atoms with Gasteiger partial charge in [-0.2, -0.15) is 0 Å². The minimum absolute atomic E-state index is 0.158. The van der Waals surface area contributed by atoms with E-state index in [9.17, 15) is 9.36 Å². The summed E-state index contributed by atoms with van der Waals surface area (Å²) in [6.45, 7) is 4.02. The predicted molar refractivity (Wildman–Crippen MR) is 149 cm³/mol. The number of para-hydroxylation sites is 1. The highest BCUT2D eigenvalue weighted by Gasteiger charge is 2.40. The molecule has 1 N–H and O–H groups in total. The van der Waals surface area contributed by atoms with Crippen molar-refractivity contribution in [2.24, 2.45) is 0 Å². The smallest absolute Gasteiger partial charge is 0.338 e. The fraction of sp³-hybridized carbons (Fsp3) is 0.233. The second kappa shape index (κ2) is 10.3. The normalized spacial score (nSPS) is 15.3. The van der Waals surface area contributed by atoms with Crippen LogP contribution in [-0.2, 0) is 23.1 Å². The number of nitrogens with one attached hydrogen (secondary N) is 1. The van der Waals surface area contributed by atoms with Crippen molar-refractivity contribution in [1.82, 2.24) is 4.98 Å². The molecule has 0 aliphatic carbocycles. The van der Waals surface area contributed by atoms with Crippen LogP contribution < -0.4 is 4.74 Å². The topological polar surface area (TPSA) is 86.9 Å². The lowest BCUT2D eigenvalue weighted by molar-refractivity contribution is -0.136. The van der Waals surface area contributed by atoms with E-state index >= 15 is 0 Å². The molecule has 0 amide bonds. The van der Waals surface area contributed by atoms with Gasteiger partial charge in [0, 0.05) is 47.5 Å². The third-order valence-corrected chi connectivity index (χ3v) is 8.88. The molecule has 1 aliphatic heterocycles. The molecule has 1 unspecified atom stereocenters. The third-order valence-electron chi connectivity index (χ3n) is 6.99. The van der Waals surface area contributed by atoms with Gasteiger partial charge in [-0.15, -0.1) is 0 Å². The largest absolute Gasteiger partial charge is 0.484 e. The van der Waals surface area contributed by atoms with Crippen LogP contribution in [-0.4, -0.2) is 44.5 Å². The van der Waals surface area contributed by atoms with Gasteiger partial charge in [-0.05, 0) is 43.2 Å². The highest BCUT2D eigenvalue weighted by Crippen LogP contribution is 2.52. The number of aromatic amines is 1. The van der Waals surface area contributed by atoms with E-state index < -0.39 is 19.7 Å². The molecule has 1 aliphatic rings. The van der Waals surface area contributed by atoms with E-state index in [-0.39, 0.29) is 11.7 Å². The zero-order chi connectivity index (χ0) is 27.0. The summed E-state index contributed by atoms with van der Waals surface area (Å²) in [6, 6.07) is 22.1. The average Bonchev–Trinajstić information content (AvgIpc) is 3.27. The number of carbonyl (C=O) groups excluding carboxylic acids is 1. The highest BCUT2D eigenvalue weighted by atomic mass is 31.2. The van der Waals surface area contributed by atoms with Crippen LogP contribution in [0.5, 0.6) is 5.75 Å². The van der Waals surface area contributed by atoms with E-state index in [0.717, 1.165) is 38.9 Å². The second-order valence-electron chi connectivity index (χ2n) is 9.29. The van der Waals surface area contributed by atoms with Crippen molar-refractivity contribution in [2.75, 3.05) is 27.5 Å². The van der Waals surface area contributed by atoms with Crippen molar-refractivity contribution < 1.29 is 27.9 Å². The monoisotopic (exact) mass is 531 g/mol. The number of aromatic nitrogens is 1. The number of benzene rings is 3. The van der Waals surface area contributed by atoms with Gasteiger partial charge in [-0.25, -0.2) is 4.79 Å². The Balaban J connectivity index is 1.82. The molecule has 1 atom stereocenters. The number of ether oxygens (including phenoxy) is 2. The van der Waals surface area contributed by atoms with Crippen molar-refractivity contribution in [1.29, 1.82) is 0 Å². The van der Waals surface area contributed by atoms with Crippen LogP contribution in [0, 0.1) is 13.8 Å². The van der Waals surface area contributed by atoms with Crippen molar-refractivity contribution >= 4 is 30.0 Å². The van der Waals surface area contributed by atoms with Crippen LogP contribution in [0.3, 0.4) is 0 Å². The Bertz CT molecular complexity index is 1590. The number of hydrogen-bond acceptors (Lipinski definition) is 6. The molecule has 2 heterocycles. The first-order chi connectivity index (χ1) is 18.3. The molecule has 0 fully saturated rings. The SMILES string of the molecule is COC(=O)C1=C(c2c(C)[nH]c3ccccc23)c2cc(-c3ccc(C)cc3)ccc2OC1CP(=O)(OC)OC. The molecule has 8 heteroatoms. The molecule has 0 saturated carbocycles. The Labute approximate surface area is 221 Å². The number of hydrogen-bond donors (Lipinski definition) is 1. The standard InChI is InChI=1S/C30H30NO6P/c1-18-10-12-20(13-11-18)21-14-15-25-23(16-21)28(27-19(2)31-24-9-7-6-8-22(24)27)29(30(32)34-3)26(37-25)17-38(33,35-4)36-5/h6-16,26,31H,17H2,1-5H3. The first kappa shape index (κ1) is 26.0. The molecule has 3 aromatic carbocycles. The summed E-state index contributed by atoms with van der Waals surface area (Å²) in [5, 5.41) is 0.954. The number of aryl methyl sites for hydroxylation is 2. The Hall–Kier alpha value is -3.64. The Morgan fingerprint density at radius 1 is 0.947 bits per heavy atom. The van der Waals surface area contributed by atoms with Gasteiger partial charge in [0.05, 0.1) is 18.8 Å². The van der Waals surface area contributed by atoms with Gasteiger partial charge in [0.15, 0.2) is 0 Å².